The fourth-order valence-corrected chi connectivity index (χ4v) is 5.80. The standard InChI is InChI=1S/C21H23IN2O4S/c1-4-21(2,3)24(29(27,28)17-8-6-5-7-9-17)18-14-19(25)23(20(18)26)16-12-10-15(22)11-13-16/h5-13,18H,4,14H2,1-3H3. The molecule has 1 aliphatic heterocycles. The minimum Gasteiger partial charge on any atom is -0.274 e. The number of anilines is 1. The maximum Gasteiger partial charge on any atom is 0.252 e. The van der Waals surface area contributed by atoms with Crippen LogP contribution in [0, 0.1) is 3.57 Å². The van der Waals surface area contributed by atoms with Crippen molar-refractivity contribution in [2.45, 2.75) is 50.1 Å². The Morgan fingerprint density at radius 3 is 2.21 bits per heavy atom. The third-order valence-corrected chi connectivity index (χ3v) is 8.11. The highest BCUT2D eigenvalue weighted by molar-refractivity contribution is 14.1. The maximum atomic E-state index is 13.5. The molecule has 0 bridgehead atoms. The van der Waals surface area contributed by atoms with Crippen LogP contribution in [0.4, 0.5) is 5.69 Å². The van der Waals surface area contributed by atoms with Gasteiger partial charge in [-0.05, 0) is 79.3 Å². The Balaban J connectivity index is 2.07. The third-order valence-electron chi connectivity index (χ3n) is 5.25. The van der Waals surface area contributed by atoms with E-state index in [0.717, 1.165) is 8.47 Å². The molecule has 2 aromatic rings. The highest BCUT2D eigenvalue weighted by Crippen LogP contribution is 2.35. The molecule has 0 saturated carbocycles. The summed E-state index contributed by atoms with van der Waals surface area (Å²) in [6, 6.07) is 13.9. The van der Waals surface area contributed by atoms with Crippen LogP contribution < -0.4 is 4.90 Å². The summed E-state index contributed by atoms with van der Waals surface area (Å²) in [5, 5.41) is 0. The topological polar surface area (TPSA) is 74.8 Å². The van der Waals surface area contributed by atoms with E-state index in [4.69, 9.17) is 0 Å². The van der Waals surface area contributed by atoms with Crippen molar-refractivity contribution in [2.24, 2.45) is 0 Å². The summed E-state index contributed by atoms with van der Waals surface area (Å²) in [5.41, 5.74) is -0.397. The number of nitrogens with zero attached hydrogens (tertiary/aromatic N) is 2. The Bertz CT molecular complexity index is 1020. The number of hydrogen-bond donors (Lipinski definition) is 0. The molecule has 1 unspecified atom stereocenters. The average Bonchev–Trinajstić information content (AvgIpc) is 2.97. The van der Waals surface area contributed by atoms with Crippen LogP contribution in [0.1, 0.15) is 33.6 Å². The number of rotatable bonds is 6. The molecule has 0 N–H and O–H groups in total. The van der Waals surface area contributed by atoms with Crippen LogP contribution in [0.5, 0.6) is 0 Å². The van der Waals surface area contributed by atoms with Gasteiger partial charge in [0.25, 0.3) is 5.91 Å². The van der Waals surface area contributed by atoms with Gasteiger partial charge in [0.2, 0.25) is 15.9 Å². The fraction of sp³-hybridized carbons (Fsp3) is 0.333. The second kappa shape index (κ2) is 8.16. The van der Waals surface area contributed by atoms with Crippen molar-refractivity contribution in [3.8, 4) is 0 Å². The summed E-state index contributed by atoms with van der Waals surface area (Å²) in [6.07, 6.45) is 0.306. The Morgan fingerprint density at radius 1 is 1.07 bits per heavy atom. The number of benzene rings is 2. The van der Waals surface area contributed by atoms with Gasteiger partial charge in [0.05, 0.1) is 17.0 Å². The number of carbonyl (C=O) groups excluding carboxylic acids is 2. The van der Waals surface area contributed by atoms with Crippen molar-refractivity contribution in [2.75, 3.05) is 4.90 Å². The Hall–Kier alpha value is -1.78. The van der Waals surface area contributed by atoms with Gasteiger partial charge in [0, 0.05) is 9.11 Å². The zero-order valence-electron chi connectivity index (χ0n) is 16.5. The van der Waals surface area contributed by atoms with Crippen LogP contribution >= 0.6 is 22.6 Å². The van der Waals surface area contributed by atoms with E-state index in [2.05, 4.69) is 22.6 Å². The van der Waals surface area contributed by atoms with Gasteiger partial charge in [-0.2, -0.15) is 4.31 Å². The SMILES string of the molecule is CCC(C)(C)N(C1CC(=O)N(c2ccc(I)cc2)C1=O)S(=O)(=O)c1ccccc1. The first-order chi connectivity index (χ1) is 13.6. The lowest BCUT2D eigenvalue weighted by molar-refractivity contribution is -0.122. The number of hydrogen-bond acceptors (Lipinski definition) is 4. The molecule has 0 aliphatic carbocycles. The molecule has 2 amide bonds. The predicted octanol–water partition coefficient (Wildman–Crippen LogP) is 3.80. The minimum absolute atomic E-state index is 0.106. The van der Waals surface area contributed by atoms with Crippen LogP contribution in [0.2, 0.25) is 0 Å². The average molecular weight is 526 g/mol. The zero-order valence-corrected chi connectivity index (χ0v) is 19.5. The Morgan fingerprint density at radius 2 is 1.66 bits per heavy atom. The molecule has 0 spiro atoms. The number of sulfonamides is 1. The molecule has 8 heteroatoms. The lowest BCUT2D eigenvalue weighted by atomic mass is 10.00. The molecule has 0 radical (unpaired) electrons. The highest BCUT2D eigenvalue weighted by atomic mass is 127. The smallest absolute Gasteiger partial charge is 0.252 e. The monoisotopic (exact) mass is 526 g/mol. The molecule has 1 heterocycles. The molecule has 1 fully saturated rings. The van der Waals surface area contributed by atoms with Crippen LogP contribution in [0.3, 0.4) is 0 Å². The van der Waals surface area contributed by atoms with E-state index in [1.807, 2.05) is 6.92 Å². The van der Waals surface area contributed by atoms with Crippen LogP contribution in [-0.2, 0) is 19.6 Å². The molecule has 3 rings (SSSR count). The second-order valence-corrected chi connectivity index (χ2v) is 10.6. The highest BCUT2D eigenvalue weighted by Gasteiger charge is 2.51. The predicted molar refractivity (Wildman–Crippen MR) is 120 cm³/mol. The molecule has 29 heavy (non-hydrogen) atoms. The zero-order chi connectivity index (χ0) is 21.4. The van der Waals surface area contributed by atoms with E-state index in [9.17, 15) is 18.0 Å². The van der Waals surface area contributed by atoms with Gasteiger partial charge >= 0.3 is 0 Å². The van der Waals surface area contributed by atoms with Gasteiger partial charge in [0.15, 0.2) is 0 Å². The van der Waals surface area contributed by atoms with E-state index in [1.165, 1.54) is 16.4 Å². The first kappa shape index (κ1) is 21.9. The summed E-state index contributed by atoms with van der Waals surface area (Å²) in [4.78, 5) is 27.2. The molecular weight excluding hydrogens is 503 g/mol. The number of amides is 2. The van der Waals surface area contributed by atoms with E-state index in [1.54, 1.807) is 56.3 Å². The van der Waals surface area contributed by atoms with E-state index >= 15 is 0 Å². The van der Waals surface area contributed by atoms with Crippen molar-refractivity contribution in [3.63, 3.8) is 0 Å². The van der Waals surface area contributed by atoms with Crippen molar-refractivity contribution in [1.82, 2.24) is 4.31 Å². The first-order valence-corrected chi connectivity index (χ1v) is 11.8. The van der Waals surface area contributed by atoms with E-state index < -0.39 is 33.4 Å². The van der Waals surface area contributed by atoms with Gasteiger partial charge in [0.1, 0.15) is 6.04 Å². The summed E-state index contributed by atoms with van der Waals surface area (Å²) < 4.78 is 29.2. The van der Waals surface area contributed by atoms with Crippen molar-refractivity contribution in [3.05, 3.63) is 58.2 Å². The summed E-state index contributed by atoms with van der Waals surface area (Å²) in [5.74, 6) is -0.918. The second-order valence-electron chi connectivity index (χ2n) is 7.54. The van der Waals surface area contributed by atoms with Gasteiger partial charge in [-0.1, -0.05) is 25.1 Å². The van der Waals surface area contributed by atoms with Gasteiger partial charge < -0.3 is 0 Å². The summed E-state index contributed by atoms with van der Waals surface area (Å²) in [6.45, 7) is 5.42. The molecule has 1 aliphatic rings. The molecule has 6 nitrogen and oxygen atoms in total. The molecule has 0 aromatic heterocycles. The van der Waals surface area contributed by atoms with Crippen LogP contribution in [0.25, 0.3) is 0 Å². The Kier molecular flexibility index (Phi) is 6.16. The van der Waals surface area contributed by atoms with Gasteiger partial charge in [-0.15, -0.1) is 0 Å². The van der Waals surface area contributed by atoms with E-state index in [-0.39, 0.29) is 11.3 Å². The van der Waals surface area contributed by atoms with Crippen LogP contribution in [-0.4, -0.2) is 36.1 Å². The van der Waals surface area contributed by atoms with Crippen molar-refractivity contribution < 1.29 is 18.0 Å². The summed E-state index contributed by atoms with van der Waals surface area (Å²) >= 11 is 2.14. The van der Waals surface area contributed by atoms with Gasteiger partial charge in [-0.25, -0.2) is 13.3 Å². The van der Waals surface area contributed by atoms with Gasteiger partial charge in [-0.3, -0.25) is 9.59 Å². The normalized spacial score (nSPS) is 18.0. The number of imide groups is 1. The number of halogens is 1. The Labute approximate surface area is 185 Å². The molecule has 154 valence electrons. The molecule has 1 atom stereocenters. The largest absolute Gasteiger partial charge is 0.274 e. The lowest BCUT2D eigenvalue weighted by Gasteiger charge is -2.39. The third kappa shape index (κ3) is 4.10. The van der Waals surface area contributed by atoms with Crippen LogP contribution in [0.15, 0.2) is 59.5 Å². The summed E-state index contributed by atoms with van der Waals surface area (Å²) in [7, 11) is -3.99. The fourth-order valence-electron chi connectivity index (χ4n) is 3.44. The van der Waals surface area contributed by atoms with E-state index in [0.29, 0.717) is 12.1 Å². The maximum absolute atomic E-state index is 13.5. The molecule has 2 aromatic carbocycles. The lowest BCUT2D eigenvalue weighted by Crippen LogP contribution is -2.55. The number of carbonyl (C=O) groups is 2. The van der Waals surface area contributed by atoms with Crippen molar-refractivity contribution >= 4 is 50.1 Å². The van der Waals surface area contributed by atoms with Crippen molar-refractivity contribution in [1.29, 1.82) is 0 Å². The molecular formula is C21H23IN2O4S. The first-order valence-electron chi connectivity index (χ1n) is 9.31. The molecule has 1 saturated heterocycles. The quantitative estimate of drug-likeness (QED) is 0.424. The minimum atomic E-state index is -3.99.